The van der Waals surface area contributed by atoms with Gasteiger partial charge in [0.25, 0.3) is 0 Å². The summed E-state index contributed by atoms with van der Waals surface area (Å²) < 4.78 is 0. The Bertz CT molecular complexity index is 576. The third-order valence-electron chi connectivity index (χ3n) is 6.21. The summed E-state index contributed by atoms with van der Waals surface area (Å²) in [7, 11) is 0. The fourth-order valence-corrected chi connectivity index (χ4v) is 4.35. The second kappa shape index (κ2) is 10.1. The summed E-state index contributed by atoms with van der Waals surface area (Å²) in [6.07, 6.45) is 4.76. The molecule has 1 rings (SSSR count). The maximum Gasteiger partial charge on any atom is 0.0920 e. The molecule has 2 N–H and O–H groups in total. The van der Waals surface area contributed by atoms with Crippen LogP contribution in [0.4, 0.5) is 0 Å². The Balaban J connectivity index is 2.97. The van der Waals surface area contributed by atoms with Crippen LogP contribution >= 0.6 is 0 Å². The number of rotatable bonds is 10. The van der Waals surface area contributed by atoms with Gasteiger partial charge in [0.05, 0.1) is 11.9 Å². The van der Waals surface area contributed by atoms with E-state index in [1.54, 1.807) is 0 Å². The molecule has 0 spiro atoms. The van der Waals surface area contributed by atoms with E-state index in [0.717, 1.165) is 30.9 Å². The van der Waals surface area contributed by atoms with E-state index in [2.05, 4.69) is 97.6 Å². The van der Waals surface area contributed by atoms with E-state index in [1.807, 2.05) is 0 Å². The summed E-state index contributed by atoms with van der Waals surface area (Å²) in [6, 6.07) is 0.894. The zero-order valence-corrected chi connectivity index (χ0v) is 20.9. The lowest BCUT2D eigenvalue weighted by molar-refractivity contribution is 0.223. The molecule has 0 radical (unpaired) electrons. The van der Waals surface area contributed by atoms with Crippen molar-refractivity contribution in [3.63, 3.8) is 0 Å². The Morgan fingerprint density at radius 3 is 2.07 bits per heavy atom. The number of hydrogen-bond acceptors (Lipinski definition) is 3. The molecule has 1 fully saturated rings. The fraction of sp³-hybridized carbons (Fsp3) is 0.769. The number of nitrogens with one attached hydrogen (secondary N) is 2. The van der Waals surface area contributed by atoms with Gasteiger partial charge >= 0.3 is 0 Å². The minimum Gasteiger partial charge on any atom is -0.369 e. The Morgan fingerprint density at radius 1 is 1.03 bits per heavy atom. The highest BCUT2D eigenvalue weighted by Gasteiger charge is 2.37. The molecule has 0 bridgehead atoms. The minimum atomic E-state index is 0.0216. The monoisotopic (exact) mass is 403 g/mol. The van der Waals surface area contributed by atoms with E-state index in [0.29, 0.717) is 18.0 Å². The van der Waals surface area contributed by atoms with E-state index in [4.69, 9.17) is 0 Å². The third-order valence-corrected chi connectivity index (χ3v) is 6.21. The van der Waals surface area contributed by atoms with Gasteiger partial charge in [-0.15, -0.1) is 0 Å². The molecule has 4 unspecified atom stereocenters. The van der Waals surface area contributed by atoms with Crippen molar-refractivity contribution in [2.24, 2.45) is 16.7 Å². The molecule has 0 aromatic rings. The zero-order valence-electron chi connectivity index (χ0n) is 20.9. The molecule has 168 valence electrons. The number of likely N-dealkylation sites (tertiary alicyclic amines) is 1. The van der Waals surface area contributed by atoms with Crippen LogP contribution in [0.15, 0.2) is 36.8 Å². The van der Waals surface area contributed by atoms with Gasteiger partial charge in [-0.2, -0.15) is 0 Å². The van der Waals surface area contributed by atoms with Crippen molar-refractivity contribution in [3.8, 4) is 0 Å². The first-order chi connectivity index (χ1) is 13.2. The summed E-state index contributed by atoms with van der Waals surface area (Å²) in [4.78, 5) is 2.47. The molecule has 29 heavy (non-hydrogen) atoms. The predicted molar refractivity (Wildman–Crippen MR) is 130 cm³/mol. The molecule has 0 aromatic carbocycles. The predicted octanol–water partition coefficient (Wildman–Crippen LogP) is 6.46. The minimum absolute atomic E-state index is 0.0216. The van der Waals surface area contributed by atoms with Crippen molar-refractivity contribution in [2.45, 2.75) is 106 Å². The summed E-state index contributed by atoms with van der Waals surface area (Å²) in [5.74, 6) is 1.57. The van der Waals surface area contributed by atoms with Crippen LogP contribution in [0.1, 0.15) is 88.0 Å². The van der Waals surface area contributed by atoms with Crippen LogP contribution < -0.4 is 10.6 Å². The summed E-state index contributed by atoms with van der Waals surface area (Å²) in [5, 5.41) is 7.41. The lowest BCUT2D eigenvalue weighted by Gasteiger charge is -2.42. The average molecular weight is 404 g/mol. The molecular weight excluding hydrogens is 354 g/mol. The van der Waals surface area contributed by atoms with Gasteiger partial charge in [-0.05, 0) is 36.5 Å². The second-order valence-corrected chi connectivity index (χ2v) is 11.5. The molecule has 3 nitrogen and oxygen atoms in total. The quantitative estimate of drug-likeness (QED) is 0.410. The van der Waals surface area contributed by atoms with Gasteiger partial charge in [0.2, 0.25) is 0 Å². The second-order valence-electron chi connectivity index (χ2n) is 11.5. The van der Waals surface area contributed by atoms with Crippen molar-refractivity contribution < 1.29 is 0 Å². The summed E-state index contributed by atoms with van der Waals surface area (Å²) in [5.41, 5.74) is 2.59. The lowest BCUT2D eigenvalue weighted by atomic mass is 9.83. The van der Waals surface area contributed by atoms with Crippen molar-refractivity contribution in [1.29, 1.82) is 0 Å². The molecule has 3 heteroatoms. The molecule has 0 aromatic heterocycles. The molecule has 1 aliphatic heterocycles. The highest BCUT2D eigenvalue weighted by atomic mass is 15.2. The van der Waals surface area contributed by atoms with Crippen LogP contribution in [0, 0.1) is 16.7 Å². The first-order valence-electron chi connectivity index (χ1n) is 11.5. The smallest absolute Gasteiger partial charge is 0.0920 e. The van der Waals surface area contributed by atoms with Gasteiger partial charge in [0.1, 0.15) is 0 Å². The highest BCUT2D eigenvalue weighted by Crippen LogP contribution is 2.35. The molecule has 1 heterocycles. The Labute approximate surface area is 182 Å². The number of unbranched alkanes of at least 4 members (excludes halogenated alkanes) is 1. The van der Waals surface area contributed by atoms with Crippen molar-refractivity contribution in [1.82, 2.24) is 15.5 Å². The van der Waals surface area contributed by atoms with Crippen LogP contribution in [-0.4, -0.2) is 29.6 Å². The van der Waals surface area contributed by atoms with Crippen LogP contribution in [0.3, 0.4) is 0 Å². The van der Waals surface area contributed by atoms with Crippen LogP contribution in [0.25, 0.3) is 0 Å². The summed E-state index contributed by atoms with van der Waals surface area (Å²) in [6.45, 7) is 34.6. The topological polar surface area (TPSA) is 27.3 Å². The van der Waals surface area contributed by atoms with E-state index >= 15 is 0 Å². The molecule has 1 saturated heterocycles. The van der Waals surface area contributed by atoms with Crippen LogP contribution in [0.5, 0.6) is 0 Å². The molecule has 0 aliphatic carbocycles. The van der Waals surface area contributed by atoms with Gasteiger partial charge in [-0.25, -0.2) is 0 Å². The van der Waals surface area contributed by atoms with Crippen LogP contribution in [-0.2, 0) is 0 Å². The lowest BCUT2D eigenvalue weighted by Crippen LogP contribution is -2.51. The molecule has 0 amide bonds. The molecule has 4 atom stereocenters. The third kappa shape index (κ3) is 7.42. The van der Waals surface area contributed by atoms with E-state index in [1.165, 1.54) is 18.4 Å². The van der Waals surface area contributed by atoms with Gasteiger partial charge in [0, 0.05) is 24.3 Å². The van der Waals surface area contributed by atoms with Gasteiger partial charge < -0.3 is 15.5 Å². The standard InChI is InChI=1S/C26H49N3/c1-13-14-15-23(25(7,8)9)27-21(6)28-24(26(10,11)12)20(5)29-17-19(4)16-22(29)18(2)3/h19,22-24,27-28H,2,5-6,13-17H2,1,3-4,7-12H3. The molecular formula is C26H49N3. The molecule has 1 aliphatic rings. The average Bonchev–Trinajstić information content (AvgIpc) is 2.96. The normalized spacial score (nSPS) is 22.2. The Kier molecular flexibility index (Phi) is 8.92. The van der Waals surface area contributed by atoms with E-state index < -0.39 is 0 Å². The zero-order chi connectivity index (χ0) is 22.6. The van der Waals surface area contributed by atoms with Gasteiger partial charge in [0.15, 0.2) is 0 Å². The van der Waals surface area contributed by atoms with Crippen molar-refractivity contribution in [3.05, 3.63) is 36.8 Å². The van der Waals surface area contributed by atoms with Crippen molar-refractivity contribution in [2.75, 3.05) is 6.54 Å². The van der Waals surface area contributed by atoms with E-state index in [9.17, 15) is 0 Å². The first kappa shape index (κ1) is 25.7. The summed E-state index contributed by atoms with van der Waals surface area (Å²) >= 11 is 0. The maximum atomic E-state index is 4.55. The molecule has 0 saturated carbocycles. The van der Waals surface area contributed by atoms with E-state index in [-0.39, 0.29) is 16.9 Å². The van der Waals surface area contributed by atoms with Gasteiger partial charge in [-0.1, -0.05) is 93.5 Å². The van der Waals surface area contributed by atoms with Crippen LogP contribution in [0.2, 0.25) is 0 Å². The largest absolute Gasteiger partial charge is 0.369 e. The SMILES string of the molecule is C=C(NC(CCCC)C(C)(C)C)NC(C(=C)N1CC(C)CC1C(=C)C)C(C)(C)C. The van der Waals surface area contributed by atoms with Gasteiger partial charge in [-0.3, -0.25) is 0 Å². The number of hydrogen-bond donors (Lipinski definition) is 2. The highest BCUT2D eigenvalue weighted by molar-refractivity contribution is 5.20. The Hall–Kier alpha value is -1.38. The van der Waals surface area contributed by atoms with Crippen molar-refractivity contribution >= 4 is 0 Å². The maximum absolute atomic E-state index is 4.55. The number of nitrogens with zero attached hydrogens (tertiary/aromatic N) is 1. The first-order valence-corrected chi connectivity index (χ1v) is 11.5. The fourth-order valence-electron chi connectivity index (χ4n) is 4.35. The Morgan fingerprint density at radius 2 is 1.62 bits per heavy atom.